The Morgan fingerprint density at radius 3 is 2.60 bits per heavy atom. The number of Topliss-reactive ketones (excluding diaryl/α,β-unsaturated/α-hetero) is 1. The molecule has 1 amide bonds. The number of carboxylic acid groups (broad SMARTS) is 1. The van der Waals surface area contributed by atoms with E-state index in [0.29, 0.717) is 22.4 Å². The minimum absolute atomic E-state index is 0.0917. The second-order valence-corrected chi connectivity index (χ2v) is 10.4. The normalized spacial score (nSPS) is 20.0. The van der Waals surface area contributed by atoms with Gasteiger partial charge >= 0.3 is 12.1 Å². The first-order valence-electron chi connectivity index (χ1n) is 11.0. The predicted molar refractivity (Wildman–Crippen MR) is 128 cm³/mol. The van der Waals surface area contributed by atoms with Crippen LogP contribution in [0.4, 0.5) is 4.79 Å². The van der Waals surface area contributed by atoms with Crippen LogP contribution in [0.25, 0.3) is 11.4 Å². The van der Waals surface area contributed by atoms with Crippen molar-refractivity contribution >= 4 is 29.6 Å². The zero-order valence-electron chi connectivity index (χ0n) is 19.8. The number of benzene rings is 1. The number of nitrogens with zero attached hydrogens (tertiary/aromatic N) is 3. The molecule has 2 aromatic rings. The van der Waals surface area contributed by atoms with Crippen LogP contribution in [-0.4, -0.2) is 61.4 Å². The molecule has 1 saturated heterocycles. The molecule has 2 aliphatic heterocycles. The minimum Gasteiger partial charge on any atom is -0.478 e. The number of carbonyl (C=O) groups is 3. The quantitative estimate of drug-likeness (QED) is 0.632. The molecule has 0 aliphatic carbocycles. The van der Waals surface area contributed by atoms with Gasteiger partial charge in [-0.3, -0.25) is 4.79 Å². The summed E-state index contributed by atoms with van der Waals surface area (Å²) in [6.45, 7) is 7.24. The van der Waals surface area contributed by atoms with E-state index < -0.39 is 29.7 Å². The van der Waals surface area contributed by atoms with Crippen LogP contribution in [0.3, 0.4) is 0 Å². The summed E-state index contributed by atoms with van der Waals surface area (Å²) in [6.07, 6.45) is 2.33. The Kier molecular flexibility index (Phi) is 6.70. The first-order chi connectivity index (χ1) is 16.5. The Balaban J connectivity index is 1.55. The molecule has 1 aromatic heterocycles. The summed E-state index contributed by atoms with van der Waals surface area (Å²) in [6, 6.07) is 5.94. The minimum atomic E-state index is -1.08. The SMILES string of the molecule is Cc1nc(-c2ccc(CN3C=C(C(=O)O)C=C4SC[C@H](NC(=O)OC(C)(C)C)C(=O)C43)cc2)no1. The maximum Gasteiger partial charge on any atom is 0.408 e. The molecular formula is C24H26N4O6S. The summed E-state index contributed by atoms with van der Waals surface area (Å²) in [5.41, 5.74) is 1.03. The number of hydrogen-bond acceptors (Lipinski definition) is 9. The number of carbonyl (C=O) groups excluding carboxylic acids is 2. The van der Waals surface area contributed by atoms with Gasteiger partial charge in [0.2, 0.25) is 11.7 Å². The van der Waals surface area contributed by atoms with Crippen LogP contribution in [0.1, 0.15) is 32.2 Å². The van der Waals surface area contributed by atoms with Crippen LogP contribution in [0.5, 0.6) is 0 Å². The van der Waals surface area contributed by atoms with Crippen LogP contribution in [-0.2, 0) is 20.9 Å². The van der Waals surface area contributed by atoms with Gasteiger partial charge in [0, 0.05) is 35.9 Å². The number of nitrogens with one attached hydrogen (secondary N) is 1. The summed E-state index contributed by atoms with van der Waals surface area (Å²) in [5.74, 6) is -0.0719. The van der Waals surface area contributed by atoms with E-state index in [2.05, 4.69) is 15.5 Å². The van der Waals surface area contributed by atoms with Crippen molar-refractivity contribution in [3.63, 3.8) is 0 Å². The lowest BCUT2D eigenvalue weighted by Gasteiger charge is -2.39. The standard InChI is InChI=1S/C24H26N4O6S/c1-13-25-21(27-34-13)15-7-5-14(6-8-15)10-28-11-16(22(30)31)9-18-19(28)20(29)17(12-35-18)26-23(32)33-24(2,3)4/h5-9,11,17,19H,10,12H2,1-4H3,(H,26,32)(H,30,31)/t17-,19?/m0/s1. The van der Waals surface area contributed by atoms with E-state index in [9.17, 15) is 19.5 Å². The van der Waals surface area contributed by atoms with E-state index in [-0.39, 0.29) is 17.9 Å². The number of aryl methyl sites for hydroxylation is 1. The number of alkyl carbamates (subject to hydrolysis) is 1. The van der Waals surface area contributed by atoms with Crippen molar-refractivity contribution in [2.75, 3.05) is 5.75 Å². The van der Waals surface area contributed by atoms with Crippen LogP contribution in [0.15, 0.2) is 51.5 Å². The average molecular weight is 499 g/mol. The number of carboxylic acids is 1. The van der Waals surface area contributed by atoms with E-state index in [1.807, 2.05) is 24.3 Å². The lowest BCUT2D eigenvalue weighted by molar-refractivity contribution is -0.132. The lowest BCUT2D eigenvalue weighted by atomic mass is 9.98. The molecule has 1 aromatic carbocycles. The smallest absolute Gasteiger partial charge is 0.408 e. The molecule has 0 bridgehead atoms. The maximum absolute atomic E-state index is 13.4. The zero-order chi connectivity index (χ0) is 25.3. The van der Waals surface area contributed by atoms with Gasteiger partial charge in [0.1, 0.15) is 17.7 Å². The summed E-state index contributed by atoms with van der Waals surface area (Å²) >= 11 is 1.35. The second-order valence-electron chi connectivity index (χ2n) is 9.26. The third-order valence-electron chi connectivity index (χ3n) is 5.28. The molecule has 2 aliphatic rings. The van der Waals surface area contributed by atoms with Crippen molar-refractivity contribution < 1.29 is 28.8 Å². The van der Waals surface area contributed by atoms with Gasteiger partial charge in [-0.1, -0.05) is 29.4 Å². The van der Waals surface area contributed by atoms with E-state index in [0.717, 1.165) is 11.1 Å². The highest BCUT2D eigenvalue weighted by Crippen LogP contribution is 2.36. The number of ether oxygens (including phenoxy) is 1. The molecule has 2 N–H and O–H groups in total. The highest BCUT2D eigenvalue weighted by molar-refractivity contribution is 8.03. The highest BCUT2D eigenvalue weighted by atomic mass is 32.2. The Labute approximate surface area is 206 Å². The Morgan fingerprint density at radius 2 is 2.00 bits per heavy atom. The van der Waals surface area contributed by atoms with Crippen LogP contribution < -0.4 is 5.32 Å². The Hall–Kier alpha value is -3.60. The number of fused-ring (bicyclic) bond motifs is 1. The molecule has 184 valence electrons. The zero-order valence-corrected chi connectivity index (χ0v) is 20.6. The third kappa shape index (κ3) is 5.73. The maximum atomic E-state index is 13.4. The van der Waals surface area contributed by atoms with Crippen molar-refractivity contribution in [3.05, 3.63) is 58.5 Å². The molecule has 11 heteroatoms. The number of aromatic nitrogens is 2. The van der Waals surface area contributed by atoms with Crippen LogP contribution in [0.2, 0.25) is 0 Å². The number of amides is 1. The topological polar surface area (TPSA) is 135 Å². The summed E-state index contributed by atoms with van der Waals surface area (Å²) in [4.78, 5) is 43.9. The molecule has 3 heterocycles. The van der Waals surface area contributed by atoms with Crippen molar-refractivity contribution in [3.8, 4) is 11.4 Å². The first kappa shape index (κ1) is 24.5. The molecule has 4 rings (SSSR count). The third-order valence-corrected chi connectivity index (χ3v) is 6.45. The van der Waals surface area contributed by atoms with Crippen molar-refractivity contribution in [1.29, 1.82) is 0 Å². The largest absolute Gasteiger partial charge is 0.478 e. The first-order valence-corrected chi connectivity index (χ1v) is 12.0. The van der Waals surface area contributed by atoms with Gasteiger partial charge in [0.25, 0.3) is 0 Å². The Morgan fingerprint density at radius 1 is 1.29 bits per heavy atom. The molecule has 2 atom stereocenters. The van der Waals surface area contributed by atoms with Gasteiger partial charge in [-0.05, 0) is 32.4 Å². The van der Waals surface area contributed by atoms with Gasteiger partial charge < -0.3 is 24.6 Å². The highest BCUT2D eigenvalue weighted by Gasteiger charge is 2.41. The van der Waals surface area contributed by atoms with Crippen LogP contribution >= 0.6 is 11.8 Å². The van der Waals surface area contributed by atoms with Crippen molar-refractivity contribution in [2.24, 2.45) is 0 Å². The number of ketones is 1. The predicted octanol–water partition coefficient (Wildman–Crippen LogP) is 3.29. The van der Waals surface area contributed by atoms with E-state index in [4.69, 9.17) is 9.26 Å². The molecule has 0 spiro atoms. The molecule has 35 heavy (non-hydrogen) atoms. The fraction of sp³-hybridized carbons (Fsp3) is 0.375. The molecule has 10 nitrogen and oxygen atoms in total. The molecule has 0 saturated carbocycles. The molecule has 1 fully saturated rings. The van der Waals surface area contributed by atoms with E-state index in [1.54, 1.807) is 32.6 Å². The van der Waals surface area contributed by atoms with Crippen molar-refractivity contribution in [1.82, 2.24) is 20.4 Å². The number of hydrogen-bond donors (Lipinski definition) is 2. The number of rotatable bonds is 5. The van der Waals surface area contributed by atoms with Crippen molar-refractivity contribution in [2.45, 2.75) is 51.9 Å². The average Bonchev–Trinajstić information content (AvgIpc) is 3.21. The second kappa shape index (κ2) is 9.57. The van der Waals surface area contributed by atoms with Gasteiger partial charge in [-0.25, -0.2) is 9.59 Å². The summed E-state index contributed by atoms with van der Waals surface area (Å²) in [7, 11) is 0. The Bertz CT molecular complexity index is 1210. The van der Waals surface area contributed by atoms with Crippen LogP contribution in [0, 0.1) is 6.92 Å². The van der Waals surface area contributed by atoms with Gasteiger partial charge in [0.05, 0.1) is 5.57 Å². The summed E-state index contributed by atoms with van der Waals surface area (Å²) in [5, 5.41) is 16.2. The molecule has 1 unspecified atom stereocenters. The number of aliphatic carboxylic acids is 1. The lowest BCUT2D eigenvalue weighted by Crippen LogP contribution is -2.55. The monoisotopic (exact) mass is 498 g/mol. The number of thioether (sulfide) groups is 1. The van der Waals surface area contributed by atoms with Gasteiger partial charge in [-0.2, -0.15) is 4.98 Å². The van der Waals surface area contributed by atoms with E-state index in [1.165, 1.54) is 24.0 Å². The summed E-state index contributed by atoms with van der Waals surface area (Å²) < 4.78 is 10.3. The van der Waals surface area contributed by atoms with Gasteiger partial charge in [0.15, 0.2) is 5.78 Å². The molecular weight excluding hydrogens is 472 g/mol. The fourth-order valence-electron chi connectivity index (χ4n) is 3.77. The van der Waals surface area contributed by atoms with E-state index >= 15 is 0 Å². The molecule has 0 radical (unpaired) electrons. The fourth-order valence-corrected chi connectivity index (χ4v) is 4.99. The van der Waals surface area contributed by atoms with Gasteiger partial charge in [-0.15, -0.1) is 11.8 Å².